The Kier molecular flexibility index (Phi) is 4.60. The lowest BCUT2D eigenvalue weighted by Crippen LogP contribution is -2.43. The van der Waals surface area contributed by atoms with Crippen LogP contribution in [0.1, 0.15) is 43.2 Å². The Morgan fingerprint density at radius 3 is 2.71 bits per heavy atom. The number of nitrogens with zero attached hydrogens (tertiary/aromatic N) is 1. The Hall–Kier alpha value is -1.56. The zero-order valence-corrected chi connectivity index (χ0v) is 13.6. The molecule has 1 heterocycles. The maximum atomic E-state index is 13.1. The Labute approximate surface area is 139 Å². The Morgan fingerprint density at radius 2 is 2.04 bits per heavy atom. The highest BCUT2D eigenvalue weighted by atomic mass is 19.4. The van der Waals surface area contributed by atoms with Crippen molar-refractivity contribution in [3.05, 3.63) is 35.4 Å². The highest BCUT2D eigenvalue weighted by Crippen LogP contribution is 2.52. The number of aliphatic hydroxyl groups excluding tert-OH is 1. The molecule has 6 heteroatoms. The standard InChI is InChI=1S/C18H22F3NO2/c1-11(23)12-5-4-8-22(10-12)17(24)15-9-14(15)13-6-2-3-7-16(13)18(19,20)21/h2-3,6-7,11-12,14-15,23H,4-5,8-10H2,1H3. The SMILES string of the molecule is CC(O)C1CCCN(C(=O)C2CC2c2ccccc2C(F)(F)F)C1. The Morgan fingerprint density at radius 1 is 1.33 bits per heavy atom. The zero-order valence-electron chi connectivity index (χ0n) is 13.6. The predicted octanol–water partition coefficient (Wildman–Crippen LogP) is 3.43. The number of aliphatic hydroxyl groups is 1. The van der Waals surface area contributed by atoms with Crippen LogP contribution in [0.15, 0.2) is 24.3 Å². The first-order valence-corrected chi connectivity index (χ1v) is 8.42. The van der Waals surface area contributed by atoms with E-state index in [1.165, 1.54) is 12.1 Å². The first-order chi connectivity index (χ1) is 11.3. The number of halogens is 3. The smallest absolute Gasteiger partial charge is 0.393 e. The fourth-order valence-corrected chi connectivity index (χ4v) is 3.73. The summed E-state index contributed by atoms with van der Waals surface area (Å²) in [6.45, 7) is 2.85. The second-order valence-corrected chi connectivity index (χ2v) is 6.96. The molecule has 3 rings (SSSR count). The summed E-state index contributed by atoms with van der Waals surface area (Å²) in [6.07, 6.45) is -2.68. The highest BCUT2D eigenvalue weighted by Gasteiger charge is 2.49. The van der Waals surface area contributed by atoms with Gasteiger partial charge in [0, 0.05) is 24.9 Å². The van der Waals surface area contributed by atoms with Gasteiger partial charge in [0.25, 0.3) is 0 Å². The van der Waals surface area contributed by atoms with Crippen LogP contribution in [0.25, 0.3) is 0 Å². The normalized spacial score (nSPS) is 28.5. The predicted molar refractivity (Wildman–Crippen MR) is 83.3 cm³/mol. The van der Waals surface area contributed by atoms with Gasteiger partial charge in [-0.1, -0.05) is 18.2 Å². The van der Waals surface area contributed by atoms with Crippen LogP contribution in [0.2, 0.25) is 0 Å². The van der Waals surface area contributed by atoms with E-state index < -0.39 is 17.8 Å². The average molecular weight is 341 g/mol. The summed E-state index contributed by atoms with van der Waals surface area (Å²) in [4.78, 5) is 14.4. The zero-order chi connectivity index (χ0) is 17.5. The van der Waals surface area contributed by atoms with Gasteiger partial charge in [-0.05, 0) is 43.7 Å². The third-order valence-corrected chi connectivity index (χ3v) is 5.23. The number of alkyl halides is 3. The van der Waals surface area contributed by atoms with Crippen LogP contribution in [-0.2, 0) is 11.0 Å². The van der Waals surface area contributed by atoms with Crippen LogP contribution in [0.4, 0.5) is 13.2 Å². The van der Waals surface area contributed by atoms with Crippen molar-refractivity contribution in [2.45, 2.75) is 44.4 Å². The third-order valence-electron chi connectivity index (χ3n) is 5.23. The lowest BCUT2D eigenvalue weighted by atomic mass is 9.93. The average Bonchev–Trinajstić information content (AvgIpc) is 3.34. The van der Waals surface area contributed by atoms with Crippen molar-refractivity contribution in [2.24, 2.45) is 11.8 Å². The molecule has 2 fully saturated rings. The van der Waals surface area contributed by atoms with Gasteiger partial charge in [-0.15, -0.1) is 0 Å². The summed E-state index contributed by atoms with van der Waals surface area (Å²) in [6, 6.07) is 5.54. The van der Waals surface area contributed by atoms with E-state index in [9.17, 15) is 23.1 Å². The van der Waals surface area contributed by atoms with Crippen molar-refractivity contribution < 1.29 is 23.1 Å². The molecule has 1 saturated carbocycles. The third kappa shape index (κ3) is 3.43. The van der Waals surface area contributed by atoms with E-state index in [0.717, 1.165) is 18.9 Å². The molecule has 0 aromatic heterocycles. The molecule has 0 radical (unpaired) electrons. The van der Waals surface area contributed by atoms with Gasteiger partial charge >= 0.3 is 6.18 Å². The Bertz CT molecular complexity index is 615. The fourth-order valence-electron chi connectivity index (χ4n) is 3.73. The summed E-state index contributed by atoms with van der Waals surface area (Å²) in [7, 11) is 0. The van der Waals surface area contributed by atoms with E-state index in [0.29, 0.717) is 19.5 Å². The van der Waals surface area contributed by atoms with E-state index in [2.05, 4.69) is 0 Å². The van der Waals surface area contributed by atoms with Gasteiger partial charge in [-0.3, -0.25) is 4.79 Å². The van der Waals surface area contributed by atoms with Gasteiger partial charge in [0.2, 0.25) is 5.91 Å². The van der Waals surface area contributed by atoms with Crippen LogP contribution in [0.5, 0.6) is 0 Å². The number of benzene rings is 1. The molecule has 2 aliphatic rings. The Balaban J connectivity index is 1.71. The van der Waals surface area contributed by atoms with Crippen LogP contribution in [-0.4, -0.2) is 35.1 Å². The lowest BCUT2D eigenvalue weighted by Gasteiger charge is -2.34. The molecule has 0 bridgehead atoms. The van der Waals surface area contributed by atoms with E-state index in [4.69, 9.17) is 0 Å². The lowest BCUT2D eigenvalue weighted by molar-refractivity contribution is -0.139. The number of likely N-dealkylation sites (tertiary alicyclic amines) is 1. The molecule has 1 aliphatic carbocycles. The van der Waals surface area contributed by atoms with E-state index in [1.54, 1.807) is 17.9 Å². The minimum atomic E-state index is -4.39. The molecule has 1 N–H and O–H groups in total. The number of carbonyl (C=O) groups is 1. The van der Waals surface area contributed by atoms with Crippen molar-refractivity contribution in [2.75, 3.05) is 13.1 Å². The number of hydrogen-bond donors (Lipinski definition) is 1. The molecule has 24 heavy (non-hydrogen) atoms. The first-order valence-electron chi connectivity index (χ1n) is 8.42. The van der Waals surface area contributed by atoms with Crippen molar-refractivity contribution in [3.63, 3.8) is 0 Å². The van der Waals surface area contributed by atoms with Crippen molar-refractivity contribution in [1.29, 1.82) is 0 Å². The highest BCUT2D eigenvalue weighted by molar-refractivity contribution is 5.83. The summed E-state index contributed by atoms with van der Waals surface area (Å²) < 4.78 is 39.4. The van der Waals surface area contributed by atoms with Crippen LogP contribution >= 0.6 is 0 Å². The van der Waals surface area contributed by atoms with Crippen LogP contribution in [0, 0.1) is 11.8 Å². The summed E-state index contributed by atoms with van der Waals surface area (Å²) in [5.74, 6) is -0.715. The molecule has 1 aliphatic heterocycles. The topological polar surface area (TPSA) is 40.5 Å². The number of piperidine rings is 1. The minimum absolute atomic E-state index is 0.0577. The first kappa shape index (κ1) is 17.3. The number of rotatable bonds is 3. The van der Waals surface area contributed by atoms with Gasteiger partial charge in [-0.25, -0.2) is 0 Å². The second-order valence-electron chi connectivity index (χ2n) is 6.96. The monoisotopic (exact) mass is 341 g/mol. The van der Waals surface area contributed by atoms with Crippen LogP contribution in [0.3, 0.4) is 0 Å². The van der Waals surface area contributed by atoms with Crippen LogP contribution < -0.4 is 0 Å². The van der Waals surface area contributed by atoms with Gasteiger partial charge in [-0.2, -0.15) is 13.2 Å². The summed E-state index contributed by atoms with van der Waals surface area (Å²) in [5.41, 5.74) is -0.404. The van der Waals surface area contributed by atoms with E-state index in [-0.39, 0.29) is 29.2 Å². The molecule has 3 nitrogen and oxygen atoms in total. The van der Waals surface area contributed by atoms with Crippen molar-refractivity contribution in [3.8, 4) is 0 Å². The molecule has 1 saturated heterocycles. The van der Waals surface area contributed by atoms with Gasteiger partial charge < -0.3 is 10.0 Å². The van der Waals surface area contributed by atoms with Gasteiger partial charge in [0.05, 0.1) is 11.7 Å². The molecule has 0 spiro atoms. The fraction of sp³-hybridized carbons (Fsp3) is 0.611. The second kappa shape index (κ2) is 6.39. The molecule has 1 amide bonds. The molecule has 4 unspecified atom stereocenters. The molecule has 4 atom stereocenters. The minimum Gasteiger partial charge on any atom is -0.393 e. The van der Waals surface area contributed by atoms with Gasteiger partial charge in [0.1, 0.15) is 0 Å². The molecule has 1 aromatic rings. The number of hydrogen-bond acceptors (Lipinski definition) is 2. The van der Waals surface area contributed by atoms with Gasteiger partial charge in [0.15, 0.2) is 0 Å². The molecule has 132 valence electrons. The molecular weight excluding hydrogens is 319 g/mol. The summed E-state index contributed by atoms with van der Waals surface area (Å²) in [5, 5.41) is 9.72. The molecular formula is C18H22F3NO2. The maximum absolute atomic E-state index is 13.1. The maximum Gasteiger partial charge on any atom is 0.416 e. The number of amides is 1. The summed E-state index contributed by atoms with van der Waals surface area (Å²) >= 11 is 0. The van der Waals surface area contributed by atoms with E-state index in [1.807, 2.05) is 0 Å². The van der Waals surface area contributed by atoms with Crippen molar-refractivity contribution in [1.82, 2.24) is 4.90 Å². The largest absolute Gasteiger partial charge is 0.416 e. The molecule has 1 aromatic carbocycles. The number of carbonyl (C=O) groups excluding carboxylic acids is 1. The quantitative estimate of drug-likeness (QED) is 0.915. The van der Waals surface area contributed by atoms with E-state index >= 15 is 0 Å². The van der Waals surface area contributed by atoms with Crippen molar-refractivity contribution >= 4 is 5.91 Å².